The van der Waals surface area contributed by atoms with Crippen molar-refractivity contribution in [2.24, 2.45) is 0 Å². The molecule has 85 heavy (non-hydrogen) atoms. The van der Waals surface area contributed by atoms with Crippen molar-refractivity contribution in [3.8, 4) is 0 Å². The molecular formula is C80H142O5. The SMILES string of the molecule is CC/C=C\C/C=C\C/C=C\C/C=C\C/C=C\C/C=C\C/C=C\C/C=C\CCCCCCCCC(=O)OC(CO)COC(=O)CCCCCCCCCCCCCCCCCCCCCCCCCCCCCCCCCCCCCCCCCC. The van der Waals surface area contributed by atoms with E-state index < -0.39 is 6.10 Å². The van der Waals surface area contributed by atoms with E-state index >= 15 is 0 Å². The lowest BCUT2D eigenvalue weighted by Gasteiger charge is -2.15. The fourth-order valence-corrected chi connectivity index (χ4v) is 11.1. The van der Waals surface area contributed by atoms with Crippen LogP contribution >= 0.6 is 0 Å². The second-order valence-corrected chi connectivity index (χ2v) is 25.0. The van der Waals surface area contributed by atoms with Gasteiger partial charge in [0.05, 0.1) is 6.61 Å². The molecule has 0 radical (unpaired) electrons. The third kappa shape index (κ3) is 73.2. The number of aliphatic hydroxyl groups is 1. The van der Waals surface area contributed by atoms with E-state index in [1.165, 1.54) is 257 Å². The highest BCUT2D eigenvalue weighted by atomic mass is 16.6. The van der Waals surface area contributed by atoms with Crippen molar-refractivity contribution in [3.05, 3.63) is 97.2 Å². The van der Waals surface area contributed by atoms with Gasteiger partial charge in [-0.3, -0.25) is 9.59 Å². The number of aliphatic hydroxyl groups excluding tert-OH is 1. The molecule has 0 aromatic carbocycles. The van der Waals surface area contributed by atoms with Crippen molar-refractivity contribution >= 4 is 11.9 Å². The third-order valence-corrected chi connectivity index (χ3v) is 16.6. The van der Waals surface area contributed by atoms with Gasteiger partial charge in [0, 0.05) is 12.8 Å². The van der Waals surface area contributed by atoms with E-state index in [1.54, 1.807) is 0 Å². The molecule has 0 aliphatic rings. The Balaban J connectivity index is 3.44. The van der Waals surface area contributed by atoms with Crippen LogP contribution < -0.4 is 0 Å². The fraction of sp³-hybridized carbons (Fsp3) is 0.775. The lowest BCUT2D eigenvalue weighted by Crippen LogP contribution is -2.28. The number of rotatable bonds is 69. The lowest BCUT2D eigenvalue weighted by molar-refractivity contribution is -0.161. The molecule has 1 N–H and O–H groups in total. The number of hydrogen-bond donors (Lipinski definition) is 1. The van der Waals surface area contributed by atoms with Gasteiger partial charge in [0.1, 0.15) is 6.61 Å². The monoisotopic (exact) mass is 1180 g/mol. The molecule has 0 heterocycles. The molecule has 0 saturated carbocycles. The first-order chi connectivity index (χ1) is 42.1. The number of carbonyl (C=O) groups is 2. The van der Waals surface area contributed by atoms with Gasteiger partial charge in [0.15, 0.2) is 6.10 Å². The summed E-state index contributed by atoms with van der Waals surface area (Å²) in [6.45, 7) is 4.06. The van der Waals surface area contributed by atoms with Gasteiger partial charge in [-0.15, -0.1) is 0 Å². The van der Waals surface area contributed by atoms with Gasteiger partial charge in [0.25, 0.3) is 0 Å². The maximum Gasteiger partial charge on any atom is 0.306 e. The van der Waals surface area contributed by atoms with Gasteiger partial charge < -0.3 is 14.6 Å². The smallest absolute Gasteiger partial charge is 0.306 e. The molecular weight excluding hydrogens is 1040 g/mol. The average Bonchev–Trinajstić information content (AvgIpc) is 3.51. The van der Waals surface area contributed by atoms with Crippen LogP contribution in [0.2, 0.25) is 0 Å². The Hall–Kier alpha value is -3.18. The van der Waals surface area contributed by atoms with Crippen LogP contribution in [0.5, 0.6) is 0 Å². The zero-order valence-corrected chi connectivity index (χ0v) is 56.6. The second-order valence-electron chi connectivity index (χ2n) is 25.0. The number of hydrogen-bond acceptors (Lipinski definition) is 5. The van der Waals surface area contributed by atoms with Crippen LogP contribution in [-0.4, -0.2) is 36.4 Å². The predicted octanol–water partition coefficient (Wildman–Crippen LogP) is 26.2. The van der Waals surface area contributed by atoms with Crippen molar-refractivity contribution in [3.63, 3.8) is 0 Å². The molecule has 5 nitrogen and oxygen atoms in total. The summed E-state index contributed by atoms with van der Waals surface area (Å²) in [7, 11) is 0. The Kier molecular flexibility index (Phi) is 72.3. The maximum absolute atomic E-state index is 12.4. The van der Waals surface area contributed by atoms with Gasteiger partial charge in [-0.1, -0.05) is 387 Å². The van der Waals surface area contributed by atoms with Crippen LogP contribution in [0.25, 0.3) is 0 Å². The van der Waals surface area contributed by atoms with Crippen molar-refractivity contribution in [2.45, 2.75) is 386 Å². The molecule has 0 rings (SSSR count). The number of esters is 2. The van der Waals surface area contributed by atoms with E-state index in [4.69, 9.17) is 9.47 Å². The van der Waals surface area contributed by atoms with Crippen molar-refractivity contribution < 1.29 is 24.2 Å². The number of allylic oxidation sites excluding steroid dienone is 16. The first kappa shape index (κ1) is 81.8. The Morgan fingerprint density at radius 3 is 0.765 bits per heavy atom. The Bertz CT molecular complexity index is 1580. The Morgan fingerprint density at radius 1 is 0.282 bits per heavy atom. The van der Waals surface area contributed by atoms with Crippen LogP contribution in [0.1, 0.15) is 380 Å². The third-order valence-electron chi connectivity index (χ3n) is 16.6. The summed E-state index contributed by atoms with van der Waals surface area (Å²) in [5.74, 6) is -0.597. The standard InChI is InChI=1S/C80H142O5/c1-3-5-7-9-11-13-15-17-19-21-23-25-27-29-31-33-35-36-37-38-39-40-41-42-43-45-46-48-50-52-54-56-58-60-62-64-66-68-70-72-74-79(82)84-77-78(76-81)85-80(83)75-73-71-69-67-65-63-61-59-57-55-53-51-49-47-44-34-32-30-28-26-24-22-20-18-16-14-12-10-8-6-4-2/h6,8,12,14,18,20,24,26,30,32,44,47,51,53,57,59,78,81H,3-5,7,9-11,13,15-17,19,21-23,25,27-29,31,33-43,45-46,48-50,52,54-56,58,60-77H2,1-2H3/b8-6-,14-12-,20-18-,26-24-,32-30-,47-44-,53-51-,59-57-. The Morgan fingerprint density at radius 2 is 0.506 bits per heavy atom. The molecule has 0 aromatic rings. The molecule has 0 fully saturated rings. The van der Waals surface area contributed by atoms with Gasteiger partial charge >= 0.3 is 11.9 Å². The molecule has 0 amide bonds. The molecule has 0 saturated heterocycles. The van der Waals surface area contributed by atoms with Crippen molar-refractivity contribution in [1.82, 2.24) is 0 Å². The van der Waals surface area contributed by atoms with E-state index in [1.807, 2.05) is 0 Å². The number of ether oxygens (including phenoxy) is 2. The maximum atomic E-state index is 12.4. The molecule has 0 aliphatic carbocycles. The second kappa shape index (κ2) is 75.1. The summed E-state index contributed by atoms with van der Waals surface area (Å²) in [6, 6.07) is 0. The number of unbranched alkanes of at least 4 members (excludes halogenated alkanes) is 45. The first-order valence-corrected chi connectivity index (χ1v) is 37.3. The van der Waals surface area contributed by atoms with Crippen molar-refractivity contribution in [2.75, 3.05) is 13.2 Å². The first-order valence-electron chi connectivity index (χ1n) is 37.3. The summed E-state index contributed by atoms with van der Waals surface area (Å²) in [6.07, 6.45) is 108. The normalized spacial score (nSPS) is 12.7. The summed E-state index contributed by atoms with van der Waals surface area (Å²) < 4.78 is 10.8. The highest BCUT2D eigenvalue weighted by Gasteiger charge is 2.16. The fourth-order valence-electron chi connectivity index (χ4n) is 11.1. The van der Waals surface area contributed by atoms with Crippen LogP contribution in [0, 0.1) is 0 Å². The number of carbonyl (C=O) groups excluding carboxylic acids is 2. The zero-order valence-electron chi connectivity index (χ0n) is 56.6. The highest BCUT2D eigenvalue weighted by Crippen LogP contribution is 2.19. The van der Waals surface area contributed by atoms with Crippen molar-refractivity contribution in [1.29, 1.82) is 0 Å². The molecule has 5 heteroatoms. The van der Waals surface area contributed by atoms with E-state index in [0.717, 1.165) is 96.3 Å². The topological polar surface area (TPSA) is 72.8 Å². The minimum atomic E-state index is -0.787. The highest BCUT2D eigenvalue weighted by molar-refractivity contribution is 5.70. The quantitative estimate of drug-likeness (QED) is 0.0373. The van der Waals surface area contributed by atoms with Gasteiger partial charge in [-0.05, 0) is 77.0 Å². The average molecular weight is 1180 g/mol. The summed E-state index contributed by atoms with van der Waals surface area (Å²) in [5, 5.41) is 9.71. The lowest BCUT2D eigenvalue weighted by atomic mass is 10.0. The molecule has 492 valence electrons. The zero-order chi connectivity index (χ0) is 61.2. The van der Waals surface area contributed by atoms with Gasteiger partial charge in [-0.2, -0.15) is 0 Å². The summed E-state index contributed by atoms with van der Waals surface area (Å²) >= 11 is 0. The molecule has 1 atom stereocenters. The van der Waals surface area contributed by atoms with E-state index in [0.29, 0.717) is 12.8 Å². The molecule has 1 unspecified atom stereocenters. The molecule has 0 aliphatic heterocycles. The van der Waals surface area contributed by atoms with Gasteiger partial charge in [-0.25, -0.2) is 0 Å². The Labute approximate surface area is 529 Å². The molecule has 0 spiro atoms. The summed E-state index contributed by atoms with van der Waals surface area (Å²) in [5.41, 5.74) is 0. The van der Waals surface area contributed by atoms with E-state index in [2.05, 4.69) is 111 Å². The minimum absolute atomic E-state index is 0.0735. The summed E-state index contributed by atoms with van der Waals surface area (Å²) in [4.78, 5) is 24.7. The van der Waals surface area contributed by atoms with Crippen LogP contribution in [0.4, 0.5) is 0 Å². The van der Waals surface area contributed by atoms with Crippen LogP contribution in [0.15, 0.2) is 97.2 Å². The van der Waals surface area contributed by atoms with E-state index in [-0.39, 0.29) is 25.2 Å². The van der Waals surface area contributed by atoms with Crippen LogP contribution in [0.3, 0.4) is 0 Å². The van der Waals surface area contributed by atoms with Crippen LogP contribution in [-0.2, 0) is 19.1 Å². The predicted molar refractivity (Wildman–Crippen MR) is 376 cm³/mol. The molecule has 0 aromatic heterocycles. The molecule has 0 bridgehead atoms. The minimum Gasteiger partial charge on any atom is -0.462 e. The van der Waals surface area contributed by atoms with E-state index in [9.17, 15) is 14.7 Å². The van der Waals surface area contributed by atoms with Gasteiger partial charge in [0.2, 0.25) is 0 Å². The largest absolute Gasteiger partial charge is 0.462 e.